The molecule has 3 fully saturated rings. The van der Waals surface area contributed by atoms with Crippen LogP contribution in [0.3, 0.4) is 0 Å². The van der Waals surface area contributed by atoms with Crippen LogP contribution in [0, 0.1) is 5.92 Å². The molecule has 0 saturated carbocycles. The number of rotatable bonds is 5. The second-order valence-electron chi connectivity index (χ2n) is 8.15. The Kier molecular flexibility index (Phi) is 6.17. The highest BCUT2D eigenvalue weighted by atomic mass is 16.2. The van der Waals surface area contributed by atoms with Gasteiger partial charge in [0.15, 0.2) is 0 Å². The van der Waals surface area contributed by atoms with Crippen LogP contribution in [-0.2, 0) is 19.2 Å². The highest BCUT2D eigenvalue weighted by molar-refractivity contribution is 5.98. The van der Waals surface area contributed by atoms with Crippen LogP contribution in [0.15, 0.2) is 0 Å². The molecule has 27 heavy (non-hydrogen) atoms. The predicted molar refractivity (Wildman–Crippen MR) is 99.5 cm³/mol. The molecule has 2 unspecified atom stereocenters. The first-order valence-corrected chi connectivity index (χ1v) is 10.4. The summed E-state index contributed by atoms with van der Waals surface area (Å²) in [4.78, 5) is 54.5. The zero-order valence-corrected chi connectivity index (χ0v) is 16.5. The molecule has 0 aromatic carbocycles. The van der Waals surface area contributed by atoms with Crippen molar-refractivity contribution < 1.29 is 19.2 Å². The second-order valence-corrected chi connectivity index (χ2v) is 8.15. The summed E-state index contributed by atoms with van der Waals surface area (Å²) in [5.41, 5.74) is 0. The van der Waals surface area contributed by atoms with Gasteiger partial charge in [-0.25, -0.2) is 0 Å². The van der Waals surface area contributed by atoms with Crippen LogP contribution < -0.4 is 0 Å². The van der Waals surface area contributed by atoms with Gasteiger partial charge in [-0.2, -0.15) is 0 Å². The number of amides is 4. The number of piperidine rings is 2. The zero-order valence-electron chi connectivity index (χ0n) is 16.5. The van der Waals surface area contributed by atoms with Crippen LogP contribution in [0.2, 0.25) is 0 Å². The van der Waals surface area contributed by atoms with Gasteiger partial charge >= 0.3 is 0 Å². The summed E-state index contributed by atoms with van der Waals surface area (Å²) in [5.74, 6) is -0.277. The Hall–Kier alpha value is -1.92. The Morgan fingerprint density at radius 3 is 2.30 bits per heavy atom. The number of likely N-dealkylation sites (tertiary alicyclic amines) is 3. The summed E-state index contributed by atoms with van der Waals surface area (Å²) in [6.45, 7) is 5.77. The van der Waals surface area contributed by atoms with Crippen molar-refractivity contribution in [3.05, 3.63) is 0 Å². The Balaban J connectivity index is 1.54. The van der Waals surface area contributed by atoms with Gasteiger partial charge in [0, 0.05) is 51.0 Å². The fourth-order valence-corrected chi connectivity index (χ4v) is 4.68. The summed E-state index contributed by atoms with van der Waals surface area (Å²) in [6, 6.07) is 0.0998. The number of carbonyl (C=O) groups excluding carboxylic acids is 4. The van der Waals surface area contributed by atoms with E-state index < -0.39 is 0 Å². The first-order valence-electron chi connectivity index (χ1n) is 10.4. The van der Waals surface area contributed by atoms with Crippen molar-refractivity contribution in [3.63, 3.8) is 0 Å². The van der Waals surface area contributed by atoms with E-state index in [9.17, 15) is 19.2 Å². The molecule has 3 heterocycles. The molecule has 7 heteroatoms. The van der Waals surface area contributed by atoms with Crippen LogP contribution in [0.1, 0.15) is 65.2 Å². The molecule has 0 radical (unpaired) electrons. The van der Waals surface area contributed by atoms with Crippen LogP contribution in [0.4, 0.5) is 0 Å². The Morgan fingerprint density at radius 1 is 1.07 bits per heavy atom. The third kappa shape index (κ3) is 4.17. The number of carbonyl (C=O) groups is 4. The standard InChI is InChI=1S/C20H31N3O4/c1-3-5-14(2)22-13-15(12-19(22)26)20(27)21-10-8-16(9-11-21)23-17(24)6-4-7-18(23)25/h14-16H,3-13H2,1-2H3. The van der Waals surface area contributed by atoms with E-state index in [0.717, 1.165) is 12.8 Å². The fourth-order valence-electron chi connectivity index (χ4n) is 4.68. The van der Waals surface area contributed by atoms with Crippen LogP contribution in [-0.4, -0.2) is 70.0 Å². The number of hydrogen-bond donors (Lipinski definition) is 0. The quantitative estimate of drug-likeness (QED) is 0.681. The lowest BCUT2D eigenvalue weighted by molar-refractivity contribution is -0.152. The average molecular weight is 377 g/mol. The maximum atomic E-state index is 12.9. The van der Waals surface area contributed by atoms with E-state index in [1.165, 1.54) is 4.90 Å². The molecule has 150 valence electrons. The maximum absolute atomic E-state index is 12.9. The van der Waals surface area contributed by atoms with E-state index >= 15 is 0 Å². The van der Waals surface area contributed by atoms with Gasteiger partial charge < -0.3 is 9.80 Å². The van der Waals surface area contributed by atoms with Crippen LogP contribution >= 0.6 is 0 Å². The summed E-state index contributed by atoms with van der Waals surface area (Å²) >= 11 is 0. The number of imide groups is 1. The fraction of sp³-hybridized carbons (Fsp3) is 0.800. The van der Waals surface area contributed by atoms with E-state index in [-0.39, 0.29) is 41.6 Å². The molecule has 0 aromatic heterocycles. The molecule has 3 aliphatic heterocycles. The molecular formula is C20H31N3O4. The zero-order chi connectivity index (χ0) is 19.6. The highest BCUT2D eigenvalue weighted by Crippen LogP contribution is 2.27. The molecule has 0 aromatic rings. The molecule has 0 bridgehead atoms. The van der Waals surface area contributed by atoms with Gasteiger partial charge in [-0.05, 0) is 32.6 Å². The minimum atomic E-state index is -0.258. The average Bonchev–Trinajstić information content (AvgIpc) is 3.03. The highest BCUT2D eigenvalue weighted by Gasteiger charge is 2.40. The minimum Gasteiger partial charge on any atom is -0.342 e. The summed E-state index contributed by atoms with van der Waals surface area (Å²) < 4.78 is 0. The lowest BCUT2D eigenvalue weighted by Gasteiger charge is -2.39. The Labute approximate surface area is 161 Å². The first kappa shape index (κ1) is 19.8. The van der Waals surface area contributed by atoms with Crippen molar-refractivity contribution in [2.24, 2.45) is 5.92 Å². The number of nitrogens with zero attached hydrogens (tertiary/aromatic N) is 3. The molecule has 3 rings (SSSR count). The van der Waals surface area contributed by atoms with Crippen LogP contribution in [0.25, 0.3) is 0 Å². The van der Waals surface area contributed by atoms with Crippen molar-refractivity contribution in [2.75, 3.05) is 19.6 Å². The lowest BCUT2D eigenvalue weighted by Crippen LogP contribution is -2.53. The lowest BCUT2D eigenvalue weighted by atomic mass is 9.97. The third-order valence-corrected chi connectivity index (χ3v) is 6.21. The van der Waals surface area contributed by atoms with E-state index in [4.69, 9.17) is 0 Å². The van der Waals surface area contributed by atoms with Crippen LogP contribution in [0.5, 0.6) is 0 Å². The van der Waals surface area contributed by atoms with Crippen molar-refractivity contribution in [3.8, 4) is 0 Å². The van der Waals surface area contributed by atoms with Gasteiger partial charge in [0.2, 0.25) is 23.6 Å². The van der Waals surface area contributed by atoms with Gasteiger partial charge in [0.1, 0.15) is 0 Å². The minimum absolute atomic E-state index is 0.0456. The molecule has 3 aliphatic rings. The van der Waals surface area contributed by atoms with Crippen molar-refractivity contribution in [2.45, 2.75) is 77.3 Å². The predicted octanol–water partition coefficient (Wildman–Crippen LogP) is 1.55. The molecule has 3 saturated heterocycles. The van der Waals surface area contributed by atoms with Gasteiger partial charge in [-0.1, -0.05) is 13.3 Å². The molecule has 0 spiro atoms. The summed E-state index contributed by atoms with van der Waals surface area (Å²) in [7, 11) is 0. The Bertz CT molecular complexity index is 596. The smallest absolute Gasteiger partial charge is 0.229 e. The maximum Gasteiger partial charge on any atom is 0.229 e. The Morgan fingerprint density at radius 2 is 1.70 bits per heavy atom. The SMILES string of the molecule is CCCC(C)N1CC(C(=O)N2CCC(N3C(=O)CCCC3=O)CC2)CC1=O. The van der Waals surface area contributed by atoms with E-state index in [2.05, 4.69) is 6.92 Å². The normalized spacial score (nSPS) is 26.1. The van der Waals surface area contributed by atoms with Gasteiger partial charge in [-0.3, -0.25) is 24.1 Å². The molecule has 2 atom stereocenters. The molecular weight excluding hydrogens is 346 g/mol. The topological polar surface area (TPSA) is 78.0 Å². The largest absolute Gasteiger partial charge is 0.342 e. The summed E-state index contributed by atoms with van der Waals surface area (Å²) in [5, 5.41) is 0. The monoisotopic (exact) mass is 377 g/mol. The first-order chi connectivity index (χ1) is 12.9. The van der Waals surface area contributed by atoms with Gasteiger partial charge in [0.25, 0.3) is 0 Å². The van der Waals surface area contributed by atoms with Crippen molar-refractivity contribution in [1.29, 1.82) is 0 Å². The van der Waals surface area contributed by atoms with E-state index in [0.29, 0.717) is 58.2 Å². The molecule has 7 nitrogen and oxygen atoms in total. The van der Waals surface area contributed by atoms with E-state index in [1.54, 1.807) is 0 Å². The van der Waals surface area contributed by atoms with Gasteiger partial charge in [0.05, 0.1) is 5.92 Å². The molecule has 4 amide bonds. The second kappa shape index (κ2) is 8.40. The van der Waals surface area contributed by atoms with Crippen molar-refractivity contribution >= 4 is 23.6 Å². The van der Waals surface area contributed by atoms with E-state index in [1.807, 2.05) is 16.7 Å². The van der Waals surface area contributed by atoms with Gasteiger partial charge in [-0.15, -0.1) is 0 Å². The molecule has 0 aliphatic carbocycles. The third-order valence-electron chi connectivity index (χ3n) is 6.21. The molecule has 0 N–H and O–H groups in total. The van der Waals surface area contributed by atoms with Crippen molar-refractivity contribution in [1.82, 2.24) is 14.7 Å². The number of hydrogen-bond acceptors (Lipinski definition) is 4. The summed E-state index contributed by atoms with van der Waals surface area (Å²) in [6.07, 6.45) is 5.09.